The Morgan fingerprint density at radius 3 is 2.66 bits per heavy atom. The SMILES string of the molecule is COc1cc(C(C)=O)ccc1Nc1ncc2c(n1)N(C1CCCC1)CC(F)(F)C(=O)N2C. The second kappa shape index (κ2) is 8.33. The van der Waals surface area contributed by atoms with Crippen LogP contribution in [0, 0.1) is 0 Å². The Morgan fingerprint density at radius 1 is 1.28 bits per heavy atom. The number of carbonyl (C=O) groups excluding carboxylic acids is 2. The number of aromatic nitrogens is 2. The fraction of sp³-hybridized carbons (Fsp3) is 0.455. The molecule has 1 amide bonds. The lowest BCUT2D eigenvalue weighted by molar-refractivity contribution is -0.140. The number of nitrogens with one attached hydrogen (secondary N) is 1. The van der Waals surface area contributed by atoms with Crippen molar-refractivity contribution in [2.45, 2.75) is 44.6 Å². The molecule has 0 radical (unpaired) electrons. The third-order valence-electron chi connectivity index (χ3n) is 5.99. The van der Waals surface area contributed by atoms with Crippen LogP contribution >= 0.6 is 0 Å². The molecule has 0 spiro atoms. The average molecular weight is 445 g/mol. The van der Waals surface area contributed by atoms with E-state index in [1.807, 2.05) is 0 Å². The minimum atomic E-state index is -3.53. The summed E-state index contributed by atoms with van der Waals surface area (Å²) in [6.07, 6.45) is 4.80. The molecule has 0 saturated heterocycles. The number of methoxy groups -OCH3 is 1. The van der Waals surface area contributed by atoms with Crippen LogP contribution in [0.3, 0.4) is 0 Å². The lowest BCUT2D eigenvalue weighted by atomic mass is 10.1. The first-order valence-corrected chi connectivity index (χ1v) is 10.5. The van der Waals surface area contributed by atoms with E-state index in [0.29, 0.717) is 22.8 Å². The van der Waals surface area contributed by atoms with E-state index in [9.17, 15) is 18.4 Å². The van der Waals surface area contributed by atoms with Crippen LogP contribution in [0.15, 0.2) is 24.4 Å². The molecular weight excluding hydrogens is 420 g/mol. The number of ketones is 1. The predicted octanol–water partition coefficient (Wildman–Crippen LogP) is 3.79. The monoisotopic (exact) mass is 445 g/mol. The number of halogens is 2. The molecule has 2 heterocycles. The standard InChI is InChI=1S/C22H25F2N5O3/c1-13(30)14-8-9-16(18(10-14)32-3)26-21-25-11-17-19(27-21)29(15-6-4-5-7-15)12-22(23,24)20(31)28(17)2/h8-11,15H,4-7,12H2,1-3H3,(H,25,26,27). The Labute approximate surface area is 184 Å². The van der Waals surface area contributed by atoms with Gasteiger partial charge in [0.25, 0.3) is 5.91 Å². The number of alkyl halides is 2. The maximum Gasteiger partial charge on any atom is 0.342 e. The maximum absolute atomic E-state index is 14.7. The number of nitrogens with zero attached hydrogens (tertiary/aromatic N) is 4. The number of anilines is 4. The molecule has 8 nitrogen and oxygen atoms in total. The van der Waals surface area contributed by atoms with Crippen molar-refractivity contribution in [2.75, 3.05) is 35.8 Å². The number of benzene rings is 1. The molecule has 1 aromatic heterocycles. The van der Waals surface area contributed by atoms with E-state index in [4.69, 9.17) is 4.74 Å². The quantitative estimate of drug-likeness (QED) is 0.701. The van der Waals surface area contributed by atoms with Crippen molar-refractivity contribution in [1.29, 1.82) is 0 Å². The molecule has 10 heteroatoms. The van der Waals surface area contributed by atoms with Gasteiger partial charge < -0.3 is 19.9 Å². The highest BCUT2D eigenvalue weighted by atomic mass is 19.3. The summed E-state index contributed by atoms with van der Waals surface area (Å²) in [5, 5.41) is 3.04. The average Bonchev–Trinajstić information content (AvgIpc) is 3.29. The number of ether oxygens (including phenoxy) is 1. The molecule has 1 aliphatic carbocycles. The summed E-state index contributed by atoms with van der Waals surface area (Å²) in [6.45, 7) is 0.740. The van der Waals surface area contributed by atoms with Crippen LogP contribution in [0.2, 0.25) is 0 Å². The number of amides is 1. The zero-order valence-corrected chi connectivity index (χ0v) is 18.2. The summed E-state index contributed by atoms with van der Waals surface area (Å²) < 4.78 is 34.7. The van der Waals surface area contributed by atoms with Gasteiger partial charge in [0.05, 0.1) is 25.5 Å². The lowest BCUT2D eigenvalue weighted by Gasteiger charge is -2.31. The number of fused-ring (bicyclic) bond motifs is 1. The van der Waals surface area contributed by atoms with E-state index >= 15 is 0 Å². The summed E-state index contributed by atoms with van der Waals surface area (Å²) in [7, 11) is 2.79. The predicted molar refractivity (Wildman–Crippen MR) is 116 cm³/mol. The second-order valence-corrected chi connectivity index (χ2v) is 8.13. The summed E-state index contributed by atoms with van der Waals surface area (Å²) in [4.78, 5) is 35.3. The Hall–Kier alpha value is -3.30. The Bertz CT molecular complexity index is 1060. The molecule has 1 N–H and O–H groups in total. The fourth-order valence-electron chi connectivity index (χ4n) is 4.24. The van der Waals surface area contributed by atoms with E-state index in [2.05, 4.69) is 15.3 Å². The zero-order valence-electron chi connectivity index (χ0n) is 18.2. The highest BCUT2D eigenvalue weighted by Gasteiger charge is 2.48. The summed E-state index contributed by atoms with van der Waals surface area (Å²) in [6, 6.07) is 4.80. The third-order valence-corrected chi connectivity index (χ3v) is 5.99. The first-order valence-electron chi connectivity index (χ1n) is 10.5. The topological polar surface area (TPSA) is 87.7 Å². The number of carbonyl (C=O) groups is 2. The van der Waals surface area contributed by atoms with Gasteiger partial charge in [-0.3, -0.25) is 9.59 Å². The van der Waals surface area contributed by atoms with E-state index in [0.717, 1.165) is 30.6 Å². The summed E-state index contributed by atoms with van der Waals surface area (Å²) in [5.74, 6) is -4.02. The van der Waals surface area contributed by atoms with Crippen LogP contribution in [0.25, 0.3) is 0 Å². The lowest BCUT2D eigenvalue weighted by Crippen LogP contribution is -2.48. The van der Waals surface area contributed by atoms with E-state index in [1.54, 1.807) is 23.1 Å². The molecule has 32 heavy (non-hydrogen) atoms. The Kier molecular flexibility index (Phi) is 5.70. The minimum Gasteiger partial charge on any atom is -0.495 e. The van der Waals surface area contributed by atoms with Crippen molar-refractivity contribution in [1.82, 2.24) is 9.97 Å². The van der Waals surface area contributed by atoms with Gasteiger partial charge in [-0.25, -0.2) is 4.98 Å². The summed E-state index contributed by atoms with van der Waals surface area (Å²) in [5.41, 5.74) is 1.25. The minimum absolute atomic E-state index is 0.100. The second-order valence-electron chi connectivity index (χ2n) is 8.13. The van der Waals surface area contributed by atoms with Crippen LogP contribution in [0.1, 0.15) is 43.0 Å². The largest absolute Gasteiger partial charge is 0.495 e. The molecule has 1 aromatic carbocycles. The summed E-state index contributed by atoms with van der Waals surface area (Å²) >= 11 is 0. The number of rotatable bonds is 5. The van der Waals surface area contributed by atoms with Gasteiger partial charge in [-0.05, 0) is 38.0 Å². The van der Waals surface area contributed by atoms with E-state index in [1.165, 1.54) is 27.3 Å². The third kappa shape index (κ3) is 3.96. The van der Waals surface area contributed by atoms with Crippen molar-refractivity contribution in [3.63, 3.8) is 0 Å². The van der Waals surface area contributed by atoms with Crippen molar-refractivity contribution in [2.24, 2.45) is 0 Å². The van der Waals surface area contributed by atoms with Gasteiger partial charge in [0.2, 0.25) is 5.95 Å². The smallest absolute Gasteiger partial charge is 0.342 e. The van der Waals surface area contributed by atoms with Crippen LogP contribution < -0.4 is 19.9 Å². The van der Waals surface area contributed by atoms with Gasteiger partial charge in [0, 0.05) is 18.7 Å². The molecule has 1 saturated carbocycles. The number of Topliss-reactive ketones (excluding diaryl/α,β-unsaturated/α-hetero) is 1. The number of hydrogen-bond acceptors (Lipinski definition) is 7. The van der Waals surface area contributed by atoms with E-state index in [-0.39, 0.29) is 23.5 Å². The molecular formula is C22H25F2N5O3. The van der Waals surface area contributed by atoms with Gasteiger partial charge in [-0.1, -0.05) is 12.8 Å². The van der Waals surface area contributed by atoms with Crippen LogP contribution in [-0.2, 0) is 4.79 Å². The number of hydrogen-bond donors (Lipinski definition) is 1. The van der Waals surface area contributed by atoms with Gasteiger partial charge in [-0.15, -0.1) is 0 Å². The van der Waals surface area contributed by atoms with Crippen molar-refractivity contribution >= 4 is 34.8 Å². The van der Waals surface area contributed by atoms with Gasteiger partial charge in [0.15, 0.2) is 11.6 Å². The van der Waals surface area contributed by atoms with Crippen LogP contribution in [0.4, 0.5) is 31.9 Å². The Morgan fingerprint density at radius 2 is 2.00 bits per heavy atom. The van der Waals surface area contributed by atoms with Gasteiger partial charge in [0.1, 0.15) is 11.4 Å². The molecule has 2 aromatic rings. The highest BCUT2D eigenvalue weighted by Crippen LogP contribution is 2.40. The molecule has 1 aliphatic heterocycles. The van der Waals surface area contributed by atoms with E-state index < -0.39 is 18.4 Å². The van der Waals surface area contributed by atoms with Crippen molar-refractivity contribution in [3.05, 3.63) is 30.0 Å². The molecule has 170 valence electrons. The Balaban J connectivity index is 1.74. The molecule has 0 bridgehead atoms. The van der Waals surface area contributed by atoms with Crippen molar-refractivity contribution < 1.29 is 23.1 Å². The molecule has 0 atom stereocenters. The first-order chi connectivity index (χ1) is 15.2. The maximum atomic E-state index is 14.7. The fourth-order valence-corrected chi connectivity index (χ4v) is 4.24. The van der Waals surface area contributed by atoms with Gasteiger partial charge in [-0.2, -0.15) is 13.8 Å². The van der Waals surface area contributed by atoms with Crippen LogP contribution in [-0.4, -0.2) is 54.3 Å². The molecule has 2 aliphatic rings. The highest BCUT2D eigenvalue weighted by molar-refractivity contribution is 6.02. The zero-order chi connectivity index (χ0) is 23.0. The van der Waals surface area contributed by atoms with Crippen molar-refractivity contribution in [3.8, 4) is 5.75 Å². The van der Waals surface area contributed by atoms with Crippen LogP contribution in [0.5, 0.6) is 5.75 Å². The molecule has 4 rings (SSSR count). The molecule has 0 unspecified atom stereocenters. The first kappa shape index (κ1) is 21.9. The van der Waals surface area contributed by atoms with Gasteiger partial charge >= 0.3 is 5.92 Å². The molecule has 1 fully saturated rings. The normalized spacial score (nSPS) is 18.3.